The number of aromatic nitrogens is 1. The summed E-state index contributed by atoms with van der Waals surface area (Å²) in [4.78, 5) is 4.24. The summed E-state index contributed by atoms with van der Waals surface area (Å²) in [5.41, 5.74) is 2.51. The summed E-state index contributed by atoms with van der Waals surface area (Å²) in [6.07, 6.45) is 0. The molecule has 3 nitrogen and oxygen atoms in total. The predicted molar refractivity (Wildman–Crippen MR) is 73.4 cm³/mol. The van der Waals surface area contributed by atoms with Crippen LogP contribution in [0.4, 0.5) is 0 Å². The number of nitrogens with zero attached hydrogens (tertiary/aromatic N) is 1. The van der Waals surface area contributed by atoms with Crippen molar-refractivity contribution in [3.63, 3.8) is 0 Å². The Kier molecular flexibility index (Phi) is 4.33. The van der Waals surface area contributed by atoms with E-state index in [2.05, 4.69) is 20.9 Å². The molecule has 0 fully saturated rings. The number of hydrogen-bond acceptors (Lipinski definition) is 3. The van der Waals surface area contributed by atoms with E-state index in [4.69, 9.17) is 4.74 Å². The highest BCUT2D eigenvalue weighted by Crippen LogP contribution is 2.19. The highest BCUT2D eigenvalue weighted by molar-refractivity contribution is 9.10. The van der Waals surface area contributed by atoms with Crippen molar-refractivity contribution in [1.29, 1.82) is 0 Å². The average Bonchev–Trinajstić information content (AvgIpc) is 2.37. The van der Waals surface area contributed by atoms with Gasteiger partial charge in [0.05, 0.1) is 6.61 Å². The van der Waals surface area contributed by atoms with Crippen molar-refractivity contribution in [2.75, 3.05) is 0 Å². The Labute approximate surface area is 115 Å². The van der Waals surface area contributed by atoms with Crippen LogP contribution in [0.2, 0.25) is 0 Å². The molecule has 0 aliphatic rings. The van der Waals surface area contributed by atoms with E-state index in [9.17, 15) is 5.11 Å². The maximum absolute atomic E-state index is 9.23. The first kappa shape index (κ1) is 13.1. The summed E-state index contributed by atoms with van der Waals surface area (Å²) in [5, 5.41) is 9.23. The van der Waals surface area contributed by atoms with Gasteiger partial charge in [-0.3, -0.25) is 4.98 Å². The highest BCUT2D eigenvalue weighted by atomic mass is 79.9. The molecule has 1 aromatic carbocycles. The van der Waals surface area contributed by atoms with Crippen molar-refractivity contribution in [2.24, 2.45) is 0 Å². The largest absolute Gasteiger partial charge is 0.487 e. The third-order valence-electron chi connectivity index (χ3n) is 2.50. The Morgan fingerprint density at radius 1 is 1.28 bits per heavy atom. The monoisotopic (exact) mass is 307 g/mol. The molecule has 18 heavy (non-hydrogen) atoms. The number of rotatable bonds is 4. The van der Waals surface area contributed by atoms with E-state index in [1.54, 1.807) is 0 Å². The molecule has 0 saturated heterocycles. The zero-order chi connectivity index (χ0) is 13.0. The second kappa shape index (κ2) is 5.98. The number of halogens is 1. The van der Waals surface area contributed by atoms with E-state index in [1.165, 1.54) is 0 Å². The van der Waals surface area contributed by atoms with Crippen LogP contribution in [0.3, 0.4) is 0 Å². The van der Waals surface area contributed by atoms with Gasteiger partial charge in [-0.25, -0.2) is 0 Å². The molecule has 0 unspecified atom stereocenters. The Morgan fingerprint density at radius 3 is 2.83 bits per heavy atom. The molecule has 2 rings (SSSR count). The summed E-state index contributed by atoms with van der Waals surface area (Å²) in [5.74, 6) is 0.628. The van der Waals surface area contributed by atoms with Gasteiger partial charge < -0.3 is 9.84 Å². The first-order valence-corrected chi connectivity index (χ1v) is 6.43. The highest BCUT2D eigenvalue weighted by Gasteiger charge is 2.05. The van der Waals surface area contributed by atoms with Gasteiger partial charge >= 0.3 is 0 Å². The zero-order valence-electron chi connectivity index (χ0n) is 10.1. The second-order valence-corrected chi connectivity index (χ2v) is 4.89. The first-order chi connectivity index (χ1) is 8.69. The maximum Gasteiger partial charge on any atom is 0.143 e. The fraction of sp³-hybridized carbons (Fsp3) is 0.214. The lowest BCUT2D eigenvalue weighted by molar-refractivity contribution is 0.253. The van der Waals surface area contributed by atoms with E-state index in [0.29, 0.717) is 18.1 Å². The molecule has 2 aromatic rings. The van der Waals surface area contributed by atoms with Crippen LogP contribution in [0.15, 0.2) is 40.9 Å². The topological polar surface area (TPSA) is 42.4 Å². The van der Waals surface area contributed by atoms with Crippen LogP contribution < -0.4 is 4.74 Å². The minimum absolute atomic E-state index is 0.116. The smallest absolute Gasteiger partial charge is 0.143 e. The summed E-state index contributed by atoms with van der Waals surface area (Å²) >= 11 is 3.42. The normalized spacial score (nSPS) is 10.4. The minimum atomic E-state index is -0.116. The van der Waals surface area contributed by atoms with Crippen LogP contribution in [0.1, 0.15) is 17.0 Å². The molecule has 0 saturated carbocycles. The Balaban J connectivity index is 2.10. The number of aliphatic hydroxyl groups excluding tert-OH is 1. The van der Waals surface area contributed by atoms with Gasteiger partial charge in [-0.1, -0.05) is 28.1 Å². The molecule has 0 radical (unpaired) electrons. The van der Waals surface area contributed by atoms with Crippen molar-refractivity contribution in [3.05, 3.63) is 57.8 Å². The van der Waals surface area contributed by atoms with Crippen molar-refractivity contribution in [2.45, 2.75) is 20.1 Å². The molecule has 4 heteroatoms. The minimum Gasteiger partial charge on any atom is -0.487 e. The summed E-state index contributed by atoms with van der Waals surface area (Å²) in [7, 11) is 0. The lowest BCUT2D eigenvalue weighted by Crippen LogP contribution is -2.01. The van der Waals surface area contributed by atoms with Crippen molar-refractivity contribution in [3.8, 4) is 5.75 Å². The van der Waals surface area contributed by atoms with E-state index in [1.807, 2.05) is 43.3 Å². The fourth-order valence-corrected chi connectivity index (χ4v) is 2.08. The zero-order valence-corrected chi connectivity index (χ0v) is 11.6. The van der Waals surface area contributed by atoms with Crippen LogP contribution >= 0.6 is 15.9 Å². The summed E-state index contributed by atoms with van der Waals surface area (Å²) < 4.78 is 6.70. The van der Waals surface area contributed by atoms with E-state index in [0.717, 1.165) is 15.7 Å². The number of benzene rings is 1. The molecule has 0 aliphatic heterocycles. The fourth-order valence-electron chi connectivity index (χ4n) is 1.63. The molecule has 0 aliphatic carbocycles. The van der Waals surface area contributed by atoms with Gasteiger partial charge in [-0.2, -0.15) is 0 Å². The lowest BCUT2D eigenvalue weighted by atomic mass is 10.2. The standard InChI is InChI=1S/C14H14BrNO2/c1-10-5-6-14(13(8-17)16-10)18-9-11-3-2-4-12(15)7-11/h2-7,17H,8-9H2,1H3. The Bertz CT molecular complexity index is 543. The van der Waals surface area contributed by atoms with Gasteiger partial charge in [0.1, 0.15) is 18.1 Å². The third kappa shape index (κ3) is 3.31. The molecular weight excluding hydrogens is 294 g/mol. The molecular formula is C14H14BrNO2. The van der Waals surface area contributed by atoms with Gasteiger partial charge in [0.2, 0.25) is 0 Å². The third-order valence-corrected chi connectivity index (χ3v) is 3.00. The average molecular weight is 308 g/mol. The molecule has 0 spiro atoms. The summed E-state index contributed by atoms with van der Waals surface area (Å²) in [6.45, 7) is 2.23. The number of aryl methyl sites for hydroxylation is 1. The molecule has 1 heterocycles. The van der Waals surface area contributed by atoms with Gasteiger partial charge in [0.15, 0.2) is 0 Å². The SMILES string of the molecule is Cc1ccc(OCc2cccc(Br)c2)c(CO)n1. The molecule has 94 valence electrons. The van der Waals surface area contributed by atoms with E-state index >= 15 is 0 Å². The predicted octanol–water partition coefficient (Wildman–Crippen LogP) is 3.22. The van der Waals surface area contributed by atoms with Gasteiger partial charge in [-0.15, -0.1) is 0 Å². The lowest BCUT2D eigenvalue weighted by Gasteiger charge is -2.10. The molecule has 1 N–H and O–H groups in total. The molecule has 1 aromatic heterocycles. The van der Waals surface area contributed by atoms with Crippen LogP contribution in [0.5, 0.6) is 5.75 Å². The van der Waals surface area contributed by atoms with Crippen LogP contribution in [0.25, 0.3) is 0 Å². The molecule has 0 atom stereocenters. The second-order valence-electron chi connectivity index (χ2n) is 3.97. The van der Waals surface area contributed by atoms with Gasteiger partial charge in [0, 0.05) is 10.2 Å². The number of pyridine rings is 1. The van der Waals surface area contributed by atoms with Crippen LogP contribution in [-0.2, 0) is 13.2 Å². The van der Waals surface area contributed by atoms with Crippen molar-refractivity contribution < 1.29 is 9.84 Å². The van der Waals surface area contributed by atoms with Crippen LogP contribution in [0, 0.1) is 6.92 Å². The molecule has 0 amide bonds. The quantitative estimate of drug-likeness (QED) is 0.943. The van der Waals surface area contributed by atoms with Gasteiger partial charge in [0.25, 0.3) is 0 Å². The van der Waals surface area contributed by atoms with Crippen molar-refractivity contribution >= 4 is 15.9 Å². The first-order valence-electron chi connectivity index (χ1n) is 5.63. The van der Waals surface area contributed by atoms with E-state index in [-0.39, 0.29) is 6.61 Å². The summed E-state index contributed by atoms with van der Waals surface area (Å²) in [6, 6.07) is 11.6. The van der Waals surface area contributed by atoms with E-state index < -0.39 is 0 Å². The van der Waals surface area contributed by atoms with Crippen molar-refractivity contribution in [1.82, 2.24) is 4.98 Å². The van der Waals surface area contributed by atoms with Crippen LogP contribution in [-0.4, -0.2) is 10.1 Å². The Hall–Kier alpha value is -1.39. The maximum atomic E-state index is 9.23. The Morgan fingerprint density at radius 2 is 2.11 bits per heavy atom. The number of aliphatic hydroxyl groups is 1. The number of hydrogen-bond donors (Lipinski definition) is 1. The number of ether oxygens (including phenoxy) is 1. The molecule has 0 bridgehead atoms. The van der Waals surface area contributed by atoms with Gasteiger partial charge in [-0.05, 0) is 36.8 Å².